The molecular weight excluding hydrogens is 347 g/mol. The summed E-state index contributed by atoms with van der Waals surface area (Å²) < 4.78 is 5.42. The summed E-state index contributed by atoms with van der Waals surface area (Å²) in [7, 11) is 0. The van der Waals surface area contributed by atoms with E-state index in [9.17, 15) is 4.79 Å². The van der Waals surface area contributed by atoms with Crippen LogP contribution in [0.25, 0.3) is 0 Å². The smallest absolute Gasteiger partial charge is 0.277 e. The summed E-state index contributed by atoms with van der Waals surface area (Å²) in [6.07, 6.45) is 1.48. The van der Waals surface area contributed by atoms with Gasteiger partial charge in [0.05, 0.1) is 16.3 Å². The zero-order chi connectivity index (χ0) is 17.5. The molecule has 0 aliphatic rings. The van der Waals surface area contributed by atoms with Gasteiger partial charge in [0.1, 0.15) is 5.75 Å². The van der Waals surface area contributed by atoms with Crippen LogP contribution in [0.3, 0.4) is 0 Å². The van der Waals surface area contributed by atoms with Gasteiger partial charge >= 0.3 is 0 Å². The molecule has 126 valence electrons. The molecule has 0 aliphatic heterocycles. The molecule has 0 aromatic heterocycles. The molecule has 2 aromatic carbocycles. The predicted molar refractivity (Wildman–Crippen MR) is 98.2 cm³/mol. The van der Waals surface area contributed by atoms with Crippen LogP contribution >= 0.6 is 23.2 Å². The van der Waals surface area contributed by atoms with Gasteiger partial charge in [0.15, 0.2) is 6.61 Å². The maximum absolute atomic E-state index is 11.7. The average molecular weight is 365 g/mol. The Balaban J connectivity index is 1.80. The van der Waals surface area contributed by atoms with E-state index in [2.05, 4.69) is 24.4 Å². The fraction of sp³-hybridized carbons (Fsp3) is 0.222. The third-order valence-electron chi connectivity index (χ3n) is 3.26. The van der Waals surface area contributed by atoms with Crippen LogP contribution in [-0.2, 0) is 4.79 Å². The fourth-order valence-electron chi connectivity index (χ4n) is 1.90. The summed E-state index contributed by atoms with van der Waals surface area (Å²) in [6, 6.07) is 12.7. The molecule has 0 bridgehead atoms. The molecule has 2 rings (SSSR count). The van der Waals surface area contributed by atoms with Crippen molar-refractivity contribution in [3.63, 3.8) is 0 Å². The SMILES string of the molecule is CC(C)c1ccc(OCC(=O)N/N=C/c2ccc(Cl)c(Cl)c2)cc1. The van der Waals surface area contributed by atoms with Crippen LogP contribution in [0.5, 0.6) is 5.75 Å². The van der Waals surface area contributed by atoms with Crippen molar-refractivity contribution in [3.8, 4) is 5.75 Å². The van der Waals surface area contributed by atoms with Crippen LogP contribution < -0.4 is 10.2 Å². The highest BCUT2D eigenvalue weighted by Crippen LogP contribution is 2.21. The lowest BCUT2D eigenvalue weighted by molar-refractivity contribution is -0.123. The summed E-state index contributed by atoms with van der Waals surface area (Å²) in [5, 5.41) is 4.75. The number of nitrogens with zero attached hydrogens (tertiary/aromatic N) is 1. The fourth-order valence-corrected chi connectivity index (χ4v) is 2.21. The van der Waals surface area contributed by atoms with Crippen molar-refractivity contribution in [3.05, 3.63) is 63.6 Å². The Bertz CT molecular complexity index is 728. The van der Waals surface area contributed by atoms with E-state index in [-0.39, 0.29) is 12.5 Å². The van der Waals surface area contributed by atoms with Crippen molar-refractivity contribution < 1.29 is 9.53 Å². The first-order valence-electron chi connectivity index (χ1n) is 7.45. The van der Waals surface area contributed by atoms with Crippen LogP contribution in [-0.4, -0.2) is 18.7 Å². The van der Waals surface area contributed by atoms with Crippen molar-refractivity contribution in [2.24, 2.45) is 5.10 Å². The lowest BCUT2D eigenvalue weighted by Gasteiger charge is -2.08. The van der Waals surface area contributed by atoms with Gasteiger partial charge in [0.2, 0.25) is 0 Å². The number of hydrogen-bond acceptors (Lipinski definition) is 3. The molecule has 1 N–H and O–H groups in total. The summed E-state index contributed by atoms with van der Waals surface area (Å²) in [5.74, 6) is 0.750. The summed E-state index contributed by atoms with van der Waals surface area (Å²) in [6.45, 7) is 4.13. The Labute approximate surface area is 151 Å². The first-order valence-corrected chi connectivity index (χ1v) is 8.21. The molecule has 0 atom stereocenters. The van der Waals surface area contributed by atoms with Gasteiger partial charge in [-0.1, -0.05) is 55.2 Å². The standard InChI is InChI=1S/C18H18Cl2N2O2/c1-12(2)14-4-6-15(7-5-14)24-11-18(23)22-21-10-13-3-8-16(19)17(20)9-13/h3-10,12H,11H2,1-2H3,(H,22,23)/b21-10+. The lowest BCUT2D eigenvalue weighted by atomic mass is 10.0. The first-order chi connectivity index (χ1) is 11.5. The van der Waals surface area contributed by atoms with E-state index in [1.165, 1.54) is 11.8 Å². The maximum Gasteiger partial charge on any atom is 0.277 e. The minimum Gasteiger partial charge on any atom is -0.484 e. The normalized spacial score (nSPS) is 11.0. The summed E-state index contributed by atoms with van der Waals surface area (Å²) >= 11 is 11.7. The summed E-state index contributed by atoms with van der Waals surface area (Å²) in [4.78, 5) is 11.7. The average Bonchev–Trinajstić information content (AvgIpc) is 2.56. The van der Waals surface area contributed by atoms with E-state index in [1.54, 1.807) is 18.2 Å². The minimum absolute atomic E-state index is 0.111. The molecule has 0 radical (unpaired) electrons. The minimum atomic E-state index is -0.348. The van der Waals surface area contributed by atoms with Crippen molar-refractivity contribution in [1.82, 2.24) is 5.43 Å². The van der Waals surface area contributed by atoms with Crippen LogP contribution in [0.4, 0.5) is 0 Å². The number of benzene rings is 2. The number of nitrogens with one attached hydrogen (secondary N) is 1. The van der Waals surface area contributed by atoms with Crippen molar-refractivity contribution in [2.75, 3.05) is 6.61 Å². The van der Waals surface area contributed by atoms with E-state index >= 15 is 0 Å². The number of hydrogen-bond donors (Lipinski definition) is 1. The number of rotatable bonds is 6. The molecule has 0 heterocycles. The molecule has 1 amide bonds. The van der Waals surface area contributed by atoms with E-state index in [0.29, 0.717) is 21.7 Å². The monoisotopic (exact) mass is 364 g/mol. The Morgan fingerprint density at radius 3 is 2.50 bits per heavy atom. The van der Waals surface area contributed by atoms with E-state index in [0.717, 1.165) is 5.56 Å². The molecule has 24 heavy (non-hydrogen) atoms. The molecule has 4 nitrogen and oxygen atoms in total. The first kappa shape index (κ1) is 18.3. The highest BCUT2D eigenvalue weighted by Gasteiger charge is 2.03. The van der Waals surface area contributed by atoms with Crippen LogP contribution in [0, 0.1) is 0 Å². The molecule has 0 spiro atoms. The Kier molecular flexibility index (Phi) is 6.64. The molecule has 0 unspecified atom stereocenters. The Morgan fingerprint density at radius 2 is 1.88 bits per heavy atom. The second-order valence-electron chi connectivity index (χ2n) is 5.48. The molecule has 0 fully saturated rings. The van der Waals surface area contributed by atoms with Gasteiger partial charge in [-0.3, -0.25) is 4.79 Å². The number of hydrazone groups is 1. The number of halogens is 2. The molecule has 0 aliphatic carbocycles. The third-order valence-corrected chi connectivity index (χ3v) is 4.00. The van der Waals surface area contributed by atoms with Gasteiger partial charge in [-0.25, -0.2) is 5.43 Å². The molecule has 2 aromatic rings. The lowest BCUT2D eigenvalue weighted by Crippen LogP contribution is -2.24. The van der Waals surface area contributed by atoms with E-state index in [1.807, 2.05) is 24.3 Å². The Hall–Kier alpha value is -2.04. The van der Waals surface area contributed by atoms with Gasteiger partial charge in [-0.2, -0.15) is 5.10 Å². The maximum atomic E-state index is 11.7. The predicted octanol–water partition coefficient (Wildman–Crippen LogP) is 4.65. The highest BCUT2D eigenvalue weighted by atomic mass is 35.5. The third kappa shape index (κ3) is 5.55. The topological polar surface area (TPSA) is 50.7 Å². The van der Waals surface area contributed by atoms with Crippen LogP contribution in [0.1, 0.15) is 30.9 Å². The van der Waals surface area contributed by atoms with Gasteiger partial charge in [0.25, 0.3) is 5.91 Å². The number of ether oxygens (including phenoxy) is 1. The second kappa shape index (κ2) is 8.71. The van der Waals surface area contributed by atoms with Crippen molar-refractivity contribution >= 4 is 35.3 Å². The van der Waals surface area contributed by atoms with E-state index in [4.69, 9.17) is 27.9 Å². The number of amides is 1. The van der Waals surface area contributed by atoms with Gasteiger partial charge in [-0.15, -0.1) is 0 Å². The quantitative estimate of drug-likeness (QED) is 0.599. The highest BCUT2D eigenvalue weighted by molar-refractivity contribution is 6.42. The number of carbonyl (C=O) groups is 1. The van der Waals surface area contributed by atoms with Crippen LogP contribution in [0.2, 0.25) is 10.0 Å². The zero-order valence-electron chi connectivity index (χ0n) is 13.4. The molecule has 0 saturated heterocycles. The zero-order valence-corrected chi connectivity index (χ0v) is 14.9. The van der Waals surface area contributed by atoms with Gasteiger partial charge in [0, 0.05) is 0 Å². The van der Waals surface area contributed by atoms with E-state index < -0.39 is 0 Å². The summed E-state index contributed by atoms with van der Waals surface area (Å²) in [5.41, 5.74) is 4.35. The van der Waals surface area contributed by atoms with Crippen LogP contribution in [0.15, 0.2) is 47.6 Å². The number of carbonyl (C=O) groups excluding carboxylic acids is 1. The second-order valence-corrected chi connectivity index (χ2v) is 6.29. The van der Waals surface area contributed by atoms with Gasteiger partial charge in [-0.05, 0) is 41.3 Å². The molecular formula is C18H18Cl2N2O2. The molecule has 0 saturated carbocycles. The van der Waals surface area contributed by atoms with Crippen molar-refractivity contribution in [2.45, 2.75) is 19.8 Å². The van der Waals surface area contributed by atoms with Gasteiger partial charge < -0.3 is 4.74 Å². The van der Waals surface area contributed by atoms with Crippen molar-refractivity contribution in [1.29, 1.82) is 0 Å². The Morgan fingerprint density at radius 1 is 1.17 bits per heavy atom. The molecule has 6 heteroatoms. The largest absolute Gasteiger partial charge is 0.484 e.